The lowest BCUT2D eigenvalue weighted by Crippen LogP contribution is -2.41. The van der Waals surface area contributed by atoms with Gasteiger partial charge in [0.05, 0.1) is 22.3 Å². The molecule has 0 saturated carbocycles. The maximum Gasteiger partial charge on any atom is 0.241 e. The number of likely N-dealkylation sites (tertiary alicyclic amines) is 1. The Morgan fingerprint density at radius 1 is 1.21 bits per heavy atom. The highest BCUT2D eigenvalue weighted by Gasteiger charge is 2.35. The summed E-state index contributed by atoms with van der Waals surface area (Å²) in [6, 6.07) is 13.7. The molecule has 7 heteroatoms. The summed E-state index contributed by atoms with van der Waals surface area (Å²) >= 11 is 1.73. The largest absolute Gasteiger partial charge is 0.486 e. The lowest BCUT2D eigenvalue weighted by atomic mass is 10.2. The fourth-order valence-electron chi connectivity index (χ4n) is 4.07. The number of rotatable bonds is 4. The van der Waals surface area contributed by atoms with Crippen molar-refractivity contribution in [1.29, 1.82) is 0 Å². The van der Waals surface area contributed by atoms with Crippen LogP contribution in [0.25, 0.3) is 10.2 Å². The standard InChI is InChI=1S/C22H23N3O3S/c1-14(21(26)23-15-8-9-18-19(13-15)28-12-11-27-18)25-10-4-6-17(25)22-24-16-5-2-3-7-20(16)29-22/h2-3,5,7-9,13-14,17H,4,6,10-12H2,1H3,(H,23,26). The zero-order chi connectivity index (χ0) is 19.8. The molecule has 0 spiro atoms. The number of anilines is 1. The maximum atomic E-state index is 13.0. The number of thiazole rings is 1. The van der Waals surface area contributed by atoms with Crippen molar-refractivity contribution < 1.29 is 14.3 Å². The highest BCUT2D eigenvalue weighted by atomic mass is 32.1. The molecule has 1 N–H and O–H groups in total. The summed E-state index contributed by atoms with van der Waals surface area (Å²) in [6.45, 7) is 3.95. The van der Waals surface area contributed by atoms with E-state index in [1.54, 1.807) is 11.3 Å². The van der Waals surface area contributed by atoms with Crippen LogP contribution in [0.15, 0.2) is 42.5 Å². The van der Waals surface area contributed by atoms with E-state index >= 15 is 0 Å². The van der Waals surface area contributed by atoms with Gasteiger partial charge in [0.1, 0.15) is 18.2 Å². The van der Waals surface area contributed by atoms with Gasteiger partial charge in [-0.3, -0.25) is 9.69 Å². The Bertz CT molecular complexity index is 1020. The van der Waals surface area contributed by atoms with E-state index in [9.17, 15) is 4.79 Å². The molecule has 1 amide bonds. The number of fused-ring (bicyclic) bond motifs is 2. The van der Waals surface area contributed by atoms with Gasteiger partial charge >= 0.3 is 0 Å². The number of aromatic nitrogens is 1. The summed E-state index contributed by atoms with van der Waals surface area (Å²) in [6.07, 6.45) is 2.10. The van der Waals surface area contributed by atoms with Crippen LogP contribution in [0, 0.1) is 0 Å². The van der Waals surface area contributed by atoms with E-state index in [2.05, 4.69) is 16.3 Å². The first-order valence-electron chi connectivity index (χ1n) is 10.0. The Hall–Kier alpha value is -2.64. The monoisotopic (exact) mass is 409 g/mol. The third-order valence-electron chi connectivity index (χ3n) is 5.58. The number of nitrogens with one attached hydrogen (secondary N) is 1. The number of hydrogen-bond donors (Lipinski definition) is 1. The zero-order valence-electron chi connectivity index (χ0n) is 16.3. The van der Waals surface area contributed by atoms with Crippen molar-refractivity contribution >= 4 is 33.1 Å². The average Bonchev–Trinajstić information content (AvgIpc) is 3.39. The summed E-state index contributed by atoms with van der Waals surface area (Å²) in [5.41, 5.74) is 1.76. The van der Waals surface area contributed by atoms with Crippen LogP contribution in [0.3, 0.4) is 0 Å². The molecular formula is C22H23N3O3S. The van der Waals surface area contributed by atoms with Crippen LogP contribution in [0.1, 0.15) is 30.8 Å². The van der Waals surface area contributed by atoms with Gasteiger partial charge in [0, 0.05) is 11.8 Å². The minimum atomic E-state index is -0.247. The van der Waals surface area contributed by atoms with Crippen LogP contribution < -0.4 is 14.8 Å². The third-order valence-corrected chi connectivity index (χ3v) is 6.71. The van der Waals surface area contributed by atoms with Gasteiger partial charge in [-0.25, -0.2) is 4.98 Å². The summed E-state index contributed by atoms with van der Waals surface area (Å²) in [7, 11) is 0. The third kappa shape index (κ3) is 3.56. The predicted molar refractivity (Wildman–Crippen MR) is 114 cm³/mol. The van der Waals surface area contributed by atoms with Gasteiger partial charge in [0.2, 0.25) is 5.91 Å². The summed E-state index contributed by atoms with van der Waals surface area (Å²) < 4.78 is 12.4. The maximum absolute atomic E-state index is 13.0. The first kappa shape index (κ1) is 18.4. The van der Waals surface area contributed by atoms with Gasteiger partial charge in [-0.2, -0.15) is 0 Å². The molecule has 0 bridgehead atoms. The fourth-order valence-corrected chi connectivity index (χ4v) is 5.19. The molecule has 2 aliphatic rings. The SMILES string of the molecule is CC(C(=O)Nc1ccc2c(c1)OCCO2)N1CCCC1c1nc2ccccc2s1. The van der Waals surface area contributed by atoms with Crippen molar-refractivity contribution in [3.63, 3.8) is 0 Å². The number of nitrogens with zero attached hydrogens (tertiary/aromatic N) is 2. The second-order valence-corrected chi connectivity index (χ2v) is 8.50. The molecule has 3 aromatic rings. The number of amides is 1. The van der Waals surface area contributed by atoms with E-state index < -0.39 is 0 Å². The van der Waals surface area contributed by atoms with Crippen molar-refractivity contribution in [2.75, 3.05) is 25.1 Å². The quantitative estimate of drug-likeness (QED) is 0.699. The molecule has 0 aliphatic carbocycles. The van der Waals surface area contributed by atoms with Gasteiger partial charge < -0.3 is 14.8 Å². The highest BCUT2D eigenvalue weighted by molar-refractivity contribution is 7.18. The predicted octanol–water partition coefficient (Wildman–Crippen LogP) is 4.23. The van der Waals surface area contributed by atoms with E-state index in [0.29, 0.717) is 19.0 Å². The summed E-state index contributed by atoms with van der Waals surface area (Å²) in [5, 5.41) is 4.13. The van der Waals surface area contributed by atoms with Crippen molar-refractivity contribution in [2.24, 2.45) is 0 Å². The van der Waals surface area contributed by atoms with Gasteiger partial charge in [-0.1, -0.05) is 12.1 Å². The van der Waals surface area contributed by atoms with E-state index in [1.807, 2.05) is 43.3 Å². The second kappa shape index (κ2) is 7.65. The lowest BCUT2D eigenvalue weighted by Gasteiger charge is -2.28. The molecule has 150 valence electrons. The van der Waals surface area contributed by atoms with Crippen LogP contribution >= 0.6 is 11.3 Å². The Balaban J connectivity index is 1.32. The molecular weight excluding hydrogens is 386 g/mol. The molecule has 1 saturated heterocycles. The minimum absolute atomic E-state index is 0.0188. The van der Waals surface area contributed by atoms with Gasteiger partial charge in [-0.05, 0) is 50.6 Å². The second-order valence-electron chi connectivity index (χ2n) is 7.44. The van der Waals surface area contributed by atoms with E-state index in [-0.39, 0.29) is 18.0 Å². The average molecular weight is 410 g/mol. The number of carbonyl (C=O) groups excluding carboxylic acids is 1. The fraction of sp³-hybridized carbons (Fsp3) is 0.364. The first-order chi connectivity index (χ1) is 14.2. The number of benzene rings is 2. The normalized spacial score (nSPS) is 20.0. The molecule has 5 rings (SSSR count). The Labute approximate surface area is 173 Å². The molecule has 2 unspecified atom stereocenters. The topological polar surface area (TPSA) is 63.7 Å². The number of hydrogen-bond acceptors (Lipinski definition) is 6. The smallest absolute Gasteiger partial charge is 0.241 e. The van der Waals surface area contributed by atoms with Gasteiger partial charge in [0.25, 0.3) is 0 Å². The van der Waals surface area contributed by atoms with E-state index in [4.69, 9.17) is 14.5 Å². The van der Waals surface area contributed by atoms with Crippen molar-refractivity contribution in [1.82, 2.24) is 9.88 Å². The lowest BCUT2D eigenvalue weighted by molar-refractivity contribution is -0.121. The molecule has 2 aromatic carbocycles. The van der Waals surface area contributed by atoms with Crippen LogP contribution in [-0.2, 0) is 4.79 Å². The van der Waals surface area contributed by atoms with Crippen molar-refractivity contribution in [3.8, 4) is 11.5 Å². The summed E-state index contributed by atoms with van der Waals surface area (Å²) in [5.74, 6) is 1.38. The minimum Gasteiger partial charge on any atom is -0.486 e. The van der Waals surface area contributed by atoms with Crippen LogP contribution in [0.2, 0.25) is 0 Å². The molecule has 1 fully saturated rings. The van der Waals surface area contributed by atoms with Crippen LogP contribution in [0.5, 0.6) is 11.5 Å². The van der Waals surface area contributed by atoms with Crippen LogP contribution in [0.4, 0.5) is 5.69 Å². The van der Waals surface area contributed by atoms with Gasteiger partial charge in [0.15, 0.2) is 11.5 Å². The molecule has 0 radical (unpaired) electrons. The van der Waals surface area contributed by atoms with E-state index in [0.717, 1.165) is 41.3 Å². The van der Waals surface area contributed by atoms with Gasteiger partial charge in [-0.15, -0.1) is 11.3 Å². The highest BCUT2D eigenvalue weighted by Crippen LogP contribution is 2.38. The molecule has 29 heavy (non-hydrogen) atoms. The number of ether oxygens (including phenoxy) is 2. The van der Waals surface area contributed by atoms with Crippen molar-refractivity contribution in [2.45, 2.75) is 31.8 Å². The molecule has 2 atom stereocenters. The molecule has 2 aliphatic heterocycles. The molecule has 3 heterocycles. The Kier molecular flexibility index (Phi) is 4.85. The number of para-hydroxylation sites is 1. The molecule has 6 nitrogen and oxygen atoms in total. The zero-order valence-corrected chi connectivity index (χ0v) is 17.1. The van der Waals surface area contributed by atoms with Crippen LogP contribution in [-0.4, -0.2) is 41.6 Å². The molecule has 1 aromatic heterocycles. The Morgan fingerprint density at radius 2 is 2.03 bits per heavy atom. The first-order valence-corrected chi connectivity index (χ1v) is 10.8. The summed E-state index contributed by atoms with van der Waals surface area (Å²) in [4.78, 5) is 20.1. The Morgan fingerprint density at radius 3 is 2.90 bits per heavy atom. The number of carbonyl (C=O) groups is 1. The van der Waals surface area contributed by atoms with Crippen molar-refractivity contribution in [3.05, 3.63) is 47.5 Å². The van der Waals surface area contributed by atoms with E-state index in [1.165, 1.54) is 4.70 Å².